The first-order valence-corrected chi connectivity index (χ1v) is 4.42. The van der Waals surface area contributed by atoms with E-state index in [9.17, 15) is 10.1 Å². The Morgan fingerprint density at radius 2 is 2.36 bits per heavy atom. The van der Waals surface area contributed by atoms with Crippen molar-refractivity contribution in [2.24, 2.45) is 0 Å². The Bertz CT molecular complexity index is 260. The molecule has 0 amide bonds. The highest BCUT2D eigenvalue weighted by molar-refractivity contribution is 14.1. The average Bonchev–Trinajstić information content (AvgIpc) is 2.05. The Balaban J connectivity index is 2.91. The van der Waals surface area contributed by atoms with Gasteiger partial charge in [-0.2, -0.15) is 0 Å². The van der Waals surface area contributed by atoms with E-state index in [1.54, 1.807) is 6.07 Å². The second-order valence-electron chi connectivity index (χ2n) is 1.90. The molecule has 0 radical (unpaired) electrons. The molecule has 5 heteroatoms. The standard InChI is InChI=1S/C6H5IN2O2/c7-3-5-1-2-6(4-8-5)9(10)11/h1-2,4H,3H2. The van der Waals surface area contributed by atoms with Crippen molar-refractivity contribution in [1.82, 2.24) is 4.98 Å². The highest BCUT2D eigenvalue weighted by atomic mass is 127. The lowest BCUT2D eigenvalue weighted by Crippen LogP contribution is -1.90. The summed E-state index contributed by atoms with van der Waals surface area (Å²) < 4.78 is 0.774. The second kappa shape index (κ2) is 3.61. The van der Waals surface area contributed by atoms with Gasteiger partial charge in [-0.3, -0.25) is 15.1 Å². The SMILES string of the molecule is O=[N+]([O-])c1ccc(CI)nc1. The van der Waals surface area contributed by atoms with Crippen molar-refractivity contribution < 1.29 is 4.92 Å². The van der Waals surface area contributed by atoms with E-state index < -0.39 is 4.92 Å². The lowest BCUT2D eigenvalue weighted by molar-refractivity contribution is -0.385. The zero-order valence-electron chi connectivity index (χ0n) is 5.53. The monoisotopic (exact) mass is 264 g/mol. The quantitative estimate of drug-likeness (QED) is 0.355. The summed E-state index contributed by atoms with van der Waals surface area (Å²) in [4.78, 5) is 13.6. The Labute approximate surface area is 76.9 Å². The van der Waals surface area contributed by atoms with Gasteiger partial charge in [-0.05, 0) is 6.07 Å². The summed E-state index contributed by atoms with van der Waals surface area (Å²) in [5.41, 5.74) is 0.898. The number of hydrogen-bond donors (Lipinski definition) is 0. The van der Waals surface area contributed by atoms with E-state index in [-0.39, 0.29) is 5.69 Å². The largest absolute Gasteiger partial charge is 0.287 e. The van der Waals surface area contributed by atoms with Crippen LogP contribution in [0, 0.1) is 10.1 Å². The Kier molecular flexibility index (Phi) is 2.75. The maximum atomic E-state index is 10.2. The summed E-state index contributed by atoms with van der Waals surface area (Å²) in [5.74, 6) is 0. The molecule has 4 nitrogen and oxygen atoms in total. The minimum absolute atomic E-state index is 0.0404. The van der Waals surface area contributed by atoms with Gasteiger partial charge in [-0.1, -0.05) is 22.6 Å². The molecule has 0 spiro atoms. The van der Waals surface area contributed by atoms with Crippen LogP contribution >= 0.6 is 22.6 Å². The predicted molar refractivity (Wildman–Crippen MR) is 48.6 cm³/mol. The minimum Gasteiger partial charge on any atom is -0.258 e. The number of nitro groups is 1. The number of hydrogen-bond acceptors (Lipinski definition) is 3. The van der Waals surface area contributed by atoms with Crippen LogP contribution in [0.2, 0.25) is 0 Å². The van der Waals surface area contributed by atoms with Crippen LogP contribution in [0.5, 0.6) is 0 Å². The third-order valence-corrected chi connectivity index (χ3v) is 1.94. The van der Waals surface area contributed by atoms with Crippen LogP contribution in [0.4, 0.5) is 5.69 Å². The molecule has 0 saturated heterocycles. The average molecular weight is 264 g/mol. The number of aromatic nitrogens is 1. The van der Waals surface area contributed by atoms with E-state index in [4.69, 9.17) is 0 Å². The normalized spacial score (nSPS) is 9.55. The number of pyridine rings is 1. The fourth-order valence-electron chi connectivity index (χ4n) is 0.604. The molecule has 0 saturated carbocycles. The summed E-state index contributed by atoms with van der Waals surface area (Å²) in [6.07, 6.45) is 1.27. The van der Waals surface area contributed by atoms with E-state index in [0.29, 0.717) is 0 Å². The smallest absolute Gasteiger partial charge is 0.258 e. The van der Waals surface area contributed by atoms with Gasteiger partial charge in [0.2, 0.25) is 0 Å². The number of nitrogens with zero attached hydrogens (tertiary/aromatic N) is 2. The van der Waals surface area contributed by atoms with Crippen molar-refractivity contribution >= 4 is 28.3 Å². The van der Waals surface area contributed by atoms with Crippen LogP contribution in [0.15, 0.2) is 18.3 Å². The zero-order valence-corrected chi connectivity index (χ0v) is 7.69. The minimum atomic E-state index is -0.454. The van der Waals surface area contributed by atoms with E-state index in [1.807, 2.05) is 0 Å². The molecule has 0 fully saturated rings. The third-order valence-electron chi connectivity index (χ3n) is 1.16. The first-order valence-electron chi connectivity index (χ1n) is 2.89. The van der Waals surface area contributed by atoms with Crippen LogP contribution in [0.25, 0.3) is 0 Å². The van der Waals surface area contributed by atoms with Crippen LogP contribution < -0.4 is 0 Å². The molecule has 0 aliphatic carbocycles. The lowest BCUT2D eigenvalue weighted by atomic mass is 10.3. The summed E-state index contributed by atoms with van der Waals surface area (Å²) >= 11 is 2.15. The molecule has 0 atom stereocenters. The molecule has 11 heavy (non-hydrogen) atoms. The van der Waals surface area contributed by atoms with Crippen LogP contribution in [-0.2, 0) is 4.43 Å². The molecule has 0 bridgehead atoms. The lowest BCUT2D eigenvalue weighted by Gasteiger charge is -1.92. The van der Waals surface area contributed by atoms with Gasteiger partial charge in [0, 0.05) is 10.5 Å². The summed E-state index contributed by atoms with van der Waals surface area (Å²) in [5, 5.41) is 10.2. The summed E-state index contributed by atoms with van der Waals surface area (Å²) in [6.45, 7) is 0. The van der Waals surface area contributed by atoms with Crippen LogP contribution in [0.1, 0.15) is 5.69 Å². The highest BCUT2D eigenvalue weighted by Gasteiger charge is 2.03. The van der Waals surface area contributed by atoms with E-state index in [2.05, 4.69) is 27.6 Å². The van der Waals surface area contributed by atoms with Gasteiger partial charge >= 0.3 is 0 Å². The zero-order chi connectivity index (χ0) is 8.27. The Morgan fingerprint density at radius 3 is 2.73 bits per heavy atom. The van der Waals surface area contributed by atoms with Crippen molar-refractivity contribution in [3.63, 3.8) is 0 Å². The first-order chi connectivity index (χ1) is 5.24. The molecular formula is C6H5IN2O2. The van der Waals surface area contributed by atoms with E-state index in [1.165, 1.54) is 12.3 Å². The van der Waals surface area contributed by atoms with Gasteiger partial charge in [-0.15, -0.1) is 0 Å². The van der Waals surface area contributed by atoms with Crippen molar-refractivity contribution in [1.29, 1.82) is 0 Å². The van der Waals surface area contributed by atoms with Gasteiger partial charge in [0.25, 0.3) is 5.69 Å². The maximum Gasteiger partial charge on any atom is 0.287 e. The third kappa shape index (κ3) is 2.11. The molecule has 1 heterocycles. The summed E-state index contributed by atoms with van der Waals surface area (Å²) in [7, 11) is 0. The van der Waals surface area contributed by atoms with Gasteiger partial charge in [-0.25, -0.2) is 0 Å². The molecule has 0 aliphatic heterocycles. The topological polar surface area (TPSA) is 56.0 Å². The Hall–Kier alpha value is -0.720. The maximum absolute atomic E-state index is 10.2. The summed E-state index contributed by atoms with van der Waals surface area (Å²) in [6, 6.07) is 3.12. The fourth-order valence-corrected chi connectivity index (χ4v) is 1.05. The van der Waals surface area contributed by atoms with Gasteiger partial charge < -0.3 is 0 Å². The van der Waals surface area contributed by atoms with Gasteiger partial charge in [0.15, 0.2) is 0 Å². The molecule has 0 unspecified atom stereocenters. The second-order valence-corrected chi connectivity index (χ2v) is 2.66. The first kappa shape index (κ1) is 8.38. The molecule has 58 valence electrons. The van der Waals surface area contributed by atoms with Crippen LogP contribution in [0.3, 0.4) is 0 Å². The van der Waals surface area contributed by atoms with E-state index in [0.717, 1.165) is 10.1 Å². The van der Waals surface area contributed by atoms with Crippen molar-refractivity contribution in [2.45, 2.75) is 4.43 Å². The predicted octanol–water partition coefficient (Wildman–Crippen LogP) is 1.92. The molecule has 1 aromatic heterocycles. The molecular weight excluding hydrogens is 259 g/mol. The molecule has 0 aromatic carbocycles. The molecule has 1 aromatic rings. The number of halogens is 1. The molecule has 1 rings (SSSR count). The molecule has 0 aliphatic rings. The van der Waals surface area contributed by atoms with Crippen LogP contribution in [-0.4, -0.2) is 9.91 Å². The van der Waals surface area contributed by atoms with Crippen molar-refractivity contribution in [3.05, 3.63) is 34.1 Å². The van der Waals surface area contributed by atoms with Crippen molar-refractivity contribution in [3.8, 4) is 0 Å². The number of rotatable bonds is 2. The number of alkyl halides is 1. The van der Waals surface area contributed by atoms with Crippen molar-refractivity contribution in [2.75, 3.05) is 0 Å². The van der Waals surface area contributed by atoms with Gasteiger partial charge in [0.05, 0.1) is 10.6 Å². The van der Waals surface area contributed by atoms with E-state index >= 15 is 0 Å². The van der Waals surface area contributed by atoms with Gasteiger partial charge in [0.1, 0.15) is 6.20 Å². The molecule has 0 N–H and O–H groups in total. The Morgan fingerprint density at radius 1 is 1.64 bits per heavy atom. The highest BCUT2D eigenvalue weighted by Crippen LogP contribution is 2.10. The fraction of sp³-hybridized carbons (Fsp3) is 0.167.